The van der Waals surface area contributed by atoms with E-state index in [-0.39, 0.29) is 0 Å². The molecule has 1 rings (SSSR count). The van der Waals surface area contributed by atoms with E-state index in [1.165, 1.54) is 63.6 Å². The minimum Gasteiger partial charge on any atom is -0.368 e. The molecule has 1 aliphatic heterocycles. The van der Waals surface area contributed by atoms with Gasteiger partial charge in [0.25, 0.3) is 0 Å². The Kier molecular flexibility index (Phi) is 10.5. The van der Waals surface area contributed by atoms with Crippen molar-refractivity contribution in [3.63, 3.8) is 0 Å². The molecular weight excluding hydrogens is 264 g/mol. The van der Waals surface area contributed by atoms with Crippen molar-refractivity contribution >= 4 is 5.84 Å². The van der Waals surface area contributed by atoms with Gasteiger partial charge in [0.1, 0.15) is 0 Å². The zero-order valence-electron chi connectivity index (χ0n) is 13.8. The first-order valence-electron chi connectivity index (χ1n) is 8.88. The van der Waals surface area contributed by atoms with Crippen LogP contribution in [-0.2, 0) is 0 Å². The van der Waals surface area contributed by atoms with Crippen LogP contribution in [0.25, 0.3) is 0 Å². The van der Waals surface area contributed by atoms with Gasteiger partial charge in [0.15, 0.2) is 6.29 Å². The topological polar surface area (TPSA) is 56.1 Å². The van der Waals surface area contributed by atoms with Crippen LogP contribution in [0.5, 0.6) is 0 Å². The highest BCUT2D eigenvalue weighted by Gasteiger charge is 2.16. The lowest BCUT2D eigenvalue weighted by Gasteiger charge is -2.20. The summed E-state index contributed by atoms with van der Waals surface area (Å²) >= 11 is 0. The van der Waals surface area contributed by atoms with Gasteiger partial charge in [-0.2, -0.15) is 0 Å². The van der Waals surface area contributed by atoms with Crippen molar-refractivity contribution in [1.82, 2.24) is 4.90 Å². The van der Waals surface area contributed by atoms with Crippen LogP contribution in [0.3, 0.4) is 0 Å². The molecule has 0 fully saturated rings. The highest BCUT2D eigenvalue weighted by atomic mass is 16.5. The fourth-order valence-electron chi connectivity index (χ4n) is 2.87. The molecule has 0 atom stereocenters. The summed E-state index contributed by atoms with van der Waals surface area (Å²) in [6, 6.07) is 0. The fourth-order valence-corrected chi connectivity index (χ4v) is 2.87. The molecule has 0 aliphatic carbocycles. The van der Waals surface area contributed by atoms with Crippen LogP contribution in [0.2, 0.25) is 0 Å². The summed E-state index contributed by atoms with van der Waals surface area (Å²) < 4.78 is 0. The van der Waals surface area contributed by atoms with Crippen LogP contribution in [-0.4, -0.2) is 46.9 Å². The van der Waals surface area contributed by atoms with E-state index in [1.54, 1.807) is 0 Å². The lowest BCUT2D eigenvalue weighted by molar-refractivity contribution is -0.0474. The number of hydrogen-bond donors (Lipinski definition) is 2. The summed E-state index contributed by atoms with van der Waals surface area (Å²) in [5.74, 6) is 1.18. The Morgan fingerprint density at radius 2 is 1.62 bits per heavy atom. The average Bonchev–Trinajstić information content (AvgIpc) is 2.91. The molecule has 0 unspecified atom stereocenters. The number of hydrogen-bond acceptors (Lipinski definition) is 4. The smallest absolute Gasteiger partial charge is 0.153 e. The number of aliphatic hydroxyl groups is 2. The standard InChI is InChI=1S/C17H34N2O2/c1-2-3-4-5-6-7-8-9-10-11-16-18-13-15-19(16)14-12-17(20)21/h17,20-21H,2-15H2,1H3. The second-order valence-electron chi connectivity index (χ2n) is 6.13. The number of aliphatic hydroxyl groups excluding tert-OH is 1. The van der Waals surface area contributed by atoms with Crippen LogP contribution in [0.4, 0.5) is 0 Å². The molecule has 0 aromatic rings. The minimum atomic E-state index is -1.19. The predicted molar refractivity (Wildman–Crippen MR) is 88.6 cm³/mol. The molecular formula is C17H34N2O2. The van der Waals surface area contributed by atoms with Crippen molar-refractivity contribution in [2.45, 2.75) is 83.8 Å². The van der Waals surface area contributed by atoms with Gasteiger partial charge in [0.2, 0.25) is 0 Å². The van der Waals surface area contributed by atoms with Gasteiger partial charge in [-0.05, 0) is 6.42 Å². The highest BCUT2D eigenvalue weighted by Crippen LogP contribution is 2.13. The molecule has 1 aliphatic rings. The Hall–Kier alpha value is -0.610. The fraction of sp³-hybridized carbons (Fsp3) is 0.941. The molecule has 0 aromatic carbocycles. The summed E-state index contributed by atoms with van der Waals surface area (Å²) in [5.41, 5.74) is 0. The summed E-state index contributed by atoms with van der Waals surface area (Å²) in [6.07, 6.45) is 12.4. The lowest BCUT2D eigenvalue weighted by atomic mass is 10.1. The average molecular weight is 298 g/mol. The predicted octanol–water partition coefficient (Wildman–Crippen LogP) is 3.32. The van der Waals surface area contributed by atoms with E-state index in [0.29, 0.717) is 13.0 Å². The van der Waals surface area contributed by atoms with Gasteiger partial charge < -0.3 is 15.1 Å². The van der Waals surface area contributed by atoms with Crippen LogP contribution in [0.15, 0.2) is 4.99 Å². The third-order valence-corrected chi connectivity index (χ3v) is 4.19. The second kappa shape index (κ2) is 12.0. The first-order chi connectivity index (χ1) is 10.2. The summed E-state index contributed by atoms with van der Waals surface area (Å²) in [6.45, 7) is 4.79. The van der Waals surface area contributed by atoms with Crippen molar-refractivity contribution in [3.8, 4) is 0 Å². The molecule has 0 amide bonds. The van der Waals surface area contributed by atoms with Crippen molar-refractivity contribution in [2.75, 3.05) is 19.6 Å². The van der Waals surface area contributed by atoms with Crippen molar-refractivity contribution in [2.24, 2.45) is 4.99 Å². The van der Waals surface area contributed by atoms with Gasteiger partial charge in [-0.3, -0.25) is 4.99 Å². The van der Waals surface area contributed by atoms with Crippen LogP contribution < -0.4 is 0 Å². The lowest BCUT2D eigenvalue weighted by Crippen LogP contribution is -2.30. The molecule has 2 N–H and O–H groups in total. The van der Waals surface area contributed by atoms with Gasteiger partial charge in [-0.15, -0.1) is 0 Å². The van der Waals surface area contributed by atoms with Gasteiger partial charge in [0, 0.05) is 25.9 Å². The van der Waals surface area contributed by atoms with Gasteiger partial charge >= 0.3 is 0 Å². The van der Waals surface area contributed by atoms with E-state index in [9.17, 15) is 0 Å². The molecule has 0 bridgehead atoms. The number of aliphatic imine (C=N–C) groups is 1. The number of unbranched alkanes of at least 4 members (excludes halogenated alkanes) is 8. The second-order valence-corrected chi connectivity index (χ2v) is 6.13. The molecule has 4 nitrogen and oxygen atoms in total. The number of rotatable bonds is 13. The minimum absolute atomic E-state index is 0.413. The monoisotopic (exact) mass is 298 g/mol. The first-order valence-corrected chi connectivity index (χ1v) is 8.88. The summed E-state index contributed by atoms with van der Waals surface area (Å²) in [5, 5.41) is 17.9. The Morgan fingerprint density at radius 1 is 1.00 bits per heavy atom. The molecule has 0 saturated heterocycles. The van der Waals surface area contributed by atoms with E-state index < -0.39 is 6.29 Å². The van der Waals surface area contributed by atoms with Gasteiger partial charge in [0.05, 0.1) is 12.4 Å². The molecule has 21 heavy (non-hydrogen) atoms. The van der Waals surface area contributed by atoms with Crippen LogP contribution in [0.1, 0.15) is 77.6 Å². The van der Waals surface area contributed by atoms with Gasteiger partial charge in [-0.25, -0.2) is 0 Å². The number of amidine groups is 1. The Morgan fingerprint density at radius 3 is 2.24 bits per heavy atom. The Labute approximate surface area is 130 Å². The first kappa shape index (κ1) is 18.4. The van der Waals surface area contributed by atoms with E-state index in [1.807, 2.05) is 0 Å². The van der Waals surface area contributed by atoms with Crippen molar-refractivity contribution in [1.29, 1.82) is 0 Å². The molecule has 1 heterocycles. The molecule has 0 aromatic heterocycles. The largest absolute Gasteiger partial charge is 0.368 e. The molecule has 0 spiro atoms. The van der Waals surface area contributed by atoms with Crippen molar-refractivity contribution < 1.29 is 10.2 Å². The van der Waals surface area contributed by atoms with E-state index in [2.05, 4.69) is 16.8 Å². The van der Waals surface area contributed by atoms with E-state index in [0.717, 1.165) is 19.5 Å². The maximum atomic E-state index is 8.94. The van der Waals surface area contributed by atoms with E-state index in [4.69, 9.17) is 10.2 Å². The van der Waals surface area contributed by atoms with E-state index >= 15 is 0 Å². The SMILES string of the molecule is CCCCCCCCCCCC1=NCCN1CCC(O)O. The molecule has 0 radical (unpaired) electrons. The maximum Gasteiger partial charge on any atom is 0.153 e. The molecule has 0 saturated carbocycles. The number of nitrogens with zero attached hydrogens (tertiary/aromatic N) is 2. The molecule has 4 heteroatoms. The van der Waals surface area contributed by atoms with Crippen LogP contribution >= 0.6 is 0 Å². The third-order valence-electron chi connectivity index (χ3n) is 4.19. The summed E-state index contributed by atoms with van der Waals surface area (Å²) in [7, 11) is 0. The third kappa shape index (κ3) is 9.10. The Balaban J connectivity index is 1.96. The molecule has 124 valence electrons. The summed E-state index contributed by atoms with van der Waals surface area (Å²) in [4.78, 5) is 6.75. The maximum absolute atomic E-state index is 8.94. The van der Waals surface area contributed by atoms with Crippen LogP contribution in [0, 0.1) is 0 Å². The zero-order valence-corrected chi connectivity index (χ0v) is 13.8. The normalized spacial score (nSPS) is 15.0. The quantitative estimate of drug-likeness (QED) is 0.405. The van der Waals surface area contributed by atoms with Gasteiger partial charge in [-0.1, -0.05) is 58.3 Å². The zero-order chi connectivity index (χ0) is 15.3. The highest BCUT2D eigenvalue weighted by molar-refractivity contribution is 5.83. The van der Waals surface area contributed by atoms with Crippen molar-refractivity contribution in [3.05, 3.63) is 0 Å². The Bertz CT molecular complexity index is 280.